The van der Waals surface area contributed by atoms with E-state index in [4.69, 9.17) is 10.5 Å². The summed E-state index contributed by atoms with van der Waals surface area (Å²) in [5, 5.41) is 1.57. The zero-order chi connectivity index (χ0) is 16.0. The fraction of sp³-hybridized carbons (Fsp3) is 0.333. The number of hydrogen-bond donors (Lipinski definition) is 2. The van der Waals surface area contributed by atoms with Gasteiger partial charge >= 0.3 is 12.1 Å². The summed E-state index contributed by atoms with van der Waals surface area (Å²) in [5.74, 6) is -1.82. The largest absolute Gasteiger partial charge is 0.496 e. The summed E-state index contributed by atoms with van der Waals surface area (Å²) in [6.07, 6.45) is -4.53. The highest BCUT2D eigenvalue weighted by Gasteiger charge is 2.28. The molecule has 21 heavy (non-hydrogen) atoms. The summed E-state index contributed by atoms with van der Waals surface area (Å²) in [6.45, 7) is -2.34. The molecule has 0 spiro atoms. The Balaban J connectivity index is 2.58. The molecule has 0 aliphatic rings. The highest BCUT2D eigenvalue weighted by atomic mass is 19.4. The molecule has 1 amide bonds. The second-order valence-electron chi connectivity index (χ2n) is 3.93. The van der Waals surface area contributed by atoms with E-state index in [9.17, 15) is 22.8 Å². The molecule has 116 valence electrons. The molecule has 0 bridgehead atoms. The Labute approximate surface area is 118 Å². The highest BCUT2D eigenvalue weighted by molar-refractivity contribution is 5.94. The van der Waals surface area contributed by atoms with Gasteiger partial charge in [0.25, 0.3) is 5.91 Å². The first-order valence-electron chi connectivity index (χ1n) is 5.67. The van der Waals surface area contributed by atoms with Gasteiger partial charge in [0.15, 0.2) is 6.61 Å². The lowest BCUT2D eigenvalue weighted by molar-refractivity contribution is -0.140. The number of nitrogens with one attached hydrogen (secondary N) is 1. The van der Waals surface area contributed by atoms with Crippen molar-refractivity contribution < 1.29 is 32.2 Å². The molecule has 0 unspecified atom stereocenters. The summed E-state index contributed by atoms with van der Waals surface area (Å²) >= 11 is 0. The molecule has 0 aromatic heterocycles. The third-order valence-corrected chi connectivity index (χ3v) is 2.26. The minimum Gasteiger partial charge on any atom is -0.496 e. The van der Waals surface area contributed by atoms with Gasteiger partial charge in [0.1, 0.15) is 17.9 Å². The Hall–Kier alpha value is -2.45. The second kappa shape index (κ2) is 6.82. The maximum atomic E-state index is 11.9. The molecule has 0 atom stereocenters. The summed E-state index contributed by atoms with van der Waals surface area (Å²) in [6, 6.07) is 4.19. The molecule has 3 N–H and O–H groups in total. The molecular formula is C12H13F3N2O4. The number of carbonyl (C=O) groups is 2. The normalized spacial score (nSPS) is 10.9. The van der Waals surface area contributed by atoms with Crippen LogP contribution in [-0.2, 0) is 9.53 Å². The van der Waals surface area contributed by atoms with Crippen molar-refractivity contribution in [2.24, 2.45) is 0 Å². The van der Waals surface area contributed by atoms with Gasteiger partial charge in [-0.3, -0.25) is 4.79 Å². The summed E-state index contributed by atoms with van der Waals surface area (Å²) in [5.41, 5.74) is 5.74. The molecular weight excluding hydrogens is 293 g/mol. The van der Waals surface area contributed by atoms with E-state index in [1.807, 2.05) is 0 Å². The van der Waals surface area contributed by atoms with Gasteiger partial charge in [-0.05, 0) is 18.2 Å². The molecule has 0 aliphatic carbocycles. The highest BCUT2D eigenvalue weighted by Crippen LogP contribution is 2.21. The number of rotatable bonds is 5. The van der Waals surface area contributed by atoms with E-state index in [-0.39, 0.29) is 17.0 Å². The molecule has 0 fully saturated rings. The van der Waals surface area contributed by atoms with Gasteiger partial charge in [-0.25, -0.2) is 4.79 Å². The predicted molar refractivity (Wildman–Crippen MR) is 66.8 cm³/mol. The fourth-order valence-corrected chi connectivity index (χ4v) is 1.34. The third kappa shape index (κ3) is 5.59. The van der Waals surface area contributed by atoms with Gasteiger partial charge in [-0.2, -0.15) is 13.2 Å². The Morgan fingerprint density at radius 2 is 2.00 bits per heavy atom. The van der Waals surface area contributed by atoms with Crippen molar-refractivity contribution >= 4 is 17.6 Å². The molecule has 9 heteroatoms. The Morgan fingerprint density at radius 1 is 1.33 bits per heavy atom. The van der Waals surface area contributed by atoms with E-state index < -0.39 is 31.2 Å². The van der Waals surface area contributed by atoms with Crippen LogP contribution in [0.1, 0.15) is 10.4 Å². The van der Waals surface area contributed by atoms with Crippen LogP contribution in [0.4, 0.5) is 18.9 Å². The van der Waals surface area contributed by atoms with Crippen molar-refractivity contribution in [3.8, 4) is 5.75 Å². The minimum absolute atomic E-state index is 0.0267. The van der Waals surface area contributed by atoms with Crippen LogP contribution in [0.3, 0.4) is 0 Å². The number of methoxy groups -OCH3 is 1. The number of ether oxygens (including phenoxy) is 2. The van der Waals surface area contributed by atoms with Crippen LogP contribution in [-0.4, -0.2) is 38.3 Å². The summed E-state index contributed by atoms with van der Waals surface area (Å²) in [4.78, 5) is 22.8. The minimum atomic E-state index is -4.53. The zero-order valence-corrected chi connectivity index (χ0v) is 11.0. The average molecular weight is 306 g/mol. The topological polar surface area (TPSA) is 90.7 Å². The smallest absolute Gasteiger partial charge is 0.405 e. The zero-order valence-electron chi connectivity index (χ0n) is 11.0. The van der Waals surface area contributed by atoms with Crippen LogP contribution in [0.5, 0.6) is 5.75 Å². The molecule has 6 nitrogen and oxygen atoms in total. The van der Waals surface area contributed by atoms with Gasteiger partial charge in [-0.15, -0.1) is 0 Å². The van der Waals surface area contributed by atoms with Crippen LogP contribution in [0.25, 0.3) is 0 Å². The SMILES string of the molecule is COc1ccc(N)cc1C(=O)OCC(=O)NCC(F)(F)F. The van der Waals surface area contributed by atoms with Crippen molar-refractivity contribution in [3.05, 3.63) is 23.8 Å². The van der Waals surface area contributed by atoms with Crippen molar-refractivity contribution in [3.63, 3.8) is 0 Å². The number of nitrogen functional groups attached to an aromatic ring is 1. The Kier molecular flexibility index (Phi) is 5.39. The van der Waals surface area contributed by atoms with Gasteiger partial charge in [0.05, 0.1) is 7.11 Å². The van der Waals surface area contributed by atoms with Gasteiger partial charge in [0.2, 0.25) is 0 Å². The lowest BCUT2D eigenvalue weighted by Gasteiger charge is -2.10. The molecule has 1 aromatic rings. The van der Waals surface area contributed by atoms with E-state index in [1.165, 1.54) is 25.3 Å². The standard InChI is InChI=1S/C12H13F3N2O4/c1-20-9-3-2-7(16)4-8(9)11(19)21-5-10(18)17-6-12(13,14)15/h2-4H,5-6,16H2,1H3,(H,17,18). The summed E-state index contributed by atoms with van der Waals surface area (Å²) in [7, 11) is 1.32. The van der Waals surface area contributed by atoms with Crippen LogP contribution in [0, 0.1) is 0 Å². The number of alkyl halides is 3. The van der Waals surface area contributed by atoms with E-state index in [1.54, 1.807) is 5.32 Å². The average Bonchev–Trinajstić information content (AvgIpc) is 2.41. The van der Waals surface area contributed by atoms with Gasteiger partial charge in [-0.1, -0.05) is 0 Å². The molecule has 0 saturated carbocycles. The number of carbonyl (C=O) groups excluding carboxylic acids is 2. The molecule has 0 heterocycles. The van der Waals surface area contributed by atoms with Gasteiger partial charge < -0.3 is 20.5 Å². The maximum absolute atomic E-state index is 11.9. The fourth-order valence-electron chi connectivity index (χ4n) is 1.34. The number of anilines is 1. The first-order valence-corrected chi connectivity index (χ1v) is 5.67. The third-order valence-electron chi connectivity index (χ3n) is 2.26. The number of hydrogen-bond acceptors (Lipinski definition) is 5. The van der Waals surface area contributed by atoms with Crippen molar-refractivity contribution in [1.29, 1.82) is 0 Å². The van der Waals surface area contributed by atoms with Crippen LogP contribution >= 0.6 is 0 Å². The molecule has 0 saturated heterocycles. The van der Waals surface area contributed by atoms with E-state index in [2.05, 4.69) is 4.74 Å². The number of amides is 1. The van der Waals surface area contributed by atoms with E-state index >= 15 is 0 Å². The van der Waals surface area contributed by atoms with Crippen LogP contribution in [0.2, 0.25) is 0 Å². The van der Waals surface area contributed by atoms with Crippen LogP contribution in [0.15, 0.2) is 18.2 Å². The quantitative estimate of drug-likeness (QED) is 0.628. The van der Waals surface area contributed by atoms with E-state index in [0.717, 1.165) is 0 Å². The van der Waals surface area contributed by atoms with Gasteiger partial charge in [0, 0.05) is 5.69 Å². The summed E-state index contributed by atoms with van der Waals surface area (Å²) < 4.78 is 45.1. The Morgan fingerprint density at radius 3 is 2.57 bits per heavy atom. The van der Waals surface area contributed by atoms with Crippen molar-refractivity contribution in [2.45, 2.75) is 6.18 Å². The number of benzene rings is 1. The van der Waals surface area contributed by atoms with Crippen molar-refractivity contribution in [2.75, 3.05) is 26.0 Å². The monoisotopic (exact) mass is 306 g/mol. The number of nitrogens with two attached hydrogens (primary N) is 1. The molecule has 0 radical (unpaired) electrons. The predicted octanol–water partition coefficient (Wildman–Crippen LogP) is 1.11. The first kappa shape index (κ1) is 16.6. The number of esters is 1. The molecule has 1 aromatic carbocycles. The number of halogens is 3. The first-order chi connectivity index (χ1) is 9.73. The lowest BCUT2D eigenvalue weighted by atomic mass is 10.2. The molecule has 1 rings (SSSR count). The lowest BCUT2D eigenvalue weighted by Crippen LogP contribution is -2.36. The molecule has 0 aliphatic heterocycles. The Bertz CT molecular complexity index is 532. The van der Waals surface area contributed by atoms with Crippen LogP contribution < -0.4 is 15.8 Å². The maximum Gasteiger partial charge on any atom is 0.405 e. The van der Waals surface area contributed by atoms with Crippen molar-refractivity contribution in [1.82, 2.24) is 5.32 Å². The second-order valence-corrected chi connectivity index (χ2v) is 3.93. The van der Waals surface area contributed by atoms with E-state index in [0.29, 0.717) is 0 Å².